The fourth-order valence-corrected chi connectivity index (χ4v) is 4.38. The van der Waals surface area contributed by atoms with Crippen LogP contribution in [-0.4, -0.2) is 30.1 Å². The lowest BCUT2D eigenvalue weighted by Gasteiger charge is -2.25. The number of hydrogen-bond donors (Lipinski definition) is 2. The van der Waals surface area contributed by atoms with E-state index in [1.807, 2.05) is 24.3 Å². The molecule has 0 fully saturated rings. The number of carbonyl (C=O) groups excluding carboxylic acids is 1. The molecular formula is C20H22N4OS. The second-order valence-electron chi connectivity index (χ2n) is 6.56. The molecule has 2 aromatic carbocycles. The topological polar surface area (TPSA) is 57.3 Å². The van der Waals surface area contributed by atoms with Crippen LogP contribution in [-0.2, 0) is 13.0 Å². The Balaban J connectivity index is 1.25. The van der Waals surface area contributed by atoms with E-state index in [2.05, 4.69) is 51.7 Å². The van der Waals surface area contributed by atoms with E-state index in [0.29, 0.717) is 19.1 Å². The normalized spacial score (nSPS) is 15.9. The van der Waals surface area contributed by atoms with Crippen LogP contribution >= 0.6 is 11.3 Å². The molecule has 2 heterocycles. The Hall–Kier alpha value is -2.60. The summed E-state index contributed by atoms with van der Waals surface area (Å²) in [6.45, 7) is 4.11. The van der Waals surface area contributed by atoms with Gasteiger partial charge in [0, 0.05) is 24.8 Å². The van der Waals surface area contributed by atoms with Crippen LogP contribution in [0.3, 0.4) is 0 Å². The summed E-state index contributed by atoms with van der Waals surface area (Å²) in [5, 5.41) is 6.76. The third kappa shape index (κ3) is 3.51. The van der Waals surface area contributed by atoms with Gasteiger partial charge in [0.05, 0.1) is 16.8 Å². The van der Waals surface area contributed by atoms with Gasteiger partial charge in [-0.25, -0.2) is 9.78 Å². The molecule has 4 rings (SSSR count). The molecule has 1 aromatic heterocycles. The Bertz CT molecular complexity index is 890. The molecule has 0 saturated carbocycles. The first kappa shape index (κ1) is 16.8. The van der Waals surface area contributed by atoms with Gasteiger partial charge in [-0.05, 0) is 37.1 Å². The first-order valence-corrected chi connectivity index (χ1v) is 9.73. The van der Waals surface area contributed by atoms with Gasteiger partial charge in [0.2, 0.25) is 0 Å². The van der Waals surface area contributed by atoms with Gasteiger partial charge in [0.25, 0.3) is 0 Å². The molecule has 0 bridgehead atoms. The number of amides is 2. The quantitative estimate of drug-likeness (QED) is 0.726. The molecule has 2 N–H and O–H groups in total. The summed E-state index contributed by atoms with van der Waals surface area (Å²) < 4.78 is 1.14. The van der Waals surface area contributed by atoms with Crippen LogP contribution in [0.15, 0.2) is 48.5 Å². The van der Waals surface area contributed by atoms with Crippen molar-refractivity contribution in [1.29, 1.82) is 0 Å². The smallest absolute Gasteiger partial charge is 0.315 e. The maximum absolute atomic E-state index is 12.1. The Morgan fingerprint density at radius 3 is 2.88 bits per heavy atom. The van der Waals surface area contributed by atoms with Crippen molar-refractivity contribution in [2.75, 3.05) is 18.0 Å². The Morgan fingerprint density at radius 1 is 1.19 bits per heavy atom. The largest absolute Gasteiger partial charge is 0.367 e. The predicted molar refractivity (Wildman–Crippen MR) is 107 cm³/mol. The van der Waals surface area contributed by atoms with Crippen LogP contribution in [0.25, 0.3) is 10.2 Å². The van der Waals surface area contributed by atoms with E-state index in [4.69, 9.17) is 0 Å². The molecule has 134 valence electrons. The highest BCUT2D eigenvalue weighted by Crippen LogP contribution is 2.31. The number of hydrogen-bond acceptors (Lipinski definition) is 4. The average molecular weight is 366 g/mol. The summed E-state index contributed by atoms with van der Waals surface area (Å²) in [4.78, 5) is 19.0. The zero-order valence-electron chi connectivity index (χ0n) is 14.7. The standard InChI is InChI=1S/C20H22N4OS/c1-14-12-15-6-2-4-8-17(15)24(14)11-10-21-20(25)22-13-19-23-16-7-3-5-9-18(16)26-19/h2-9,14H,10-13H2,1H3,(H2,21,22,25)/t14-/m0/s1. The van der Waals surface area contributed by atoms with Crippen LogP contribution in [0.4, 0.5) is 10.5 Å². The lowest BCUT2D eigenvalue weighted by atomic mass is 10.1. The monoisotopic (exact) mass is 366 g/mol. The minimum Gasteiger partial charge on any atom is -0.367 e. The average Bonchev–Trinajstić information content (AvgIpc) is 3.20. The number of anilines is 1. The zero-order valence-corrected chi connectivity index (χ0v) is 15.6. The van der Waals surface area contributed by atoms with Gasteiger partial charge in [0.1, 0.15) is 5.01 Å². The van der Waals surface area contributed by atoms with Crippen molar-refractivity contribution in [3.8, 4) is 0 Å². The number of thiazole rings is 1. The molecule has 6 heteroatoms. The second-order valence-corrected chi connectivity index (χ2v) is 7.68. The van der Waals surface area contributed by atoms with E-state index in [1.165, 1.54) is 11.3 Å². The molecule has 1 aliphatic heterocycles. The minimum absolute atomic E-state index is 0.149. The van der Waals surface area contributed by atoms with Crippen molar-refractivity contribution in [1.82, 2.24) is 15.6 Å². The van der Waals surface area contributed by atoms with Gasteiger partial charge in [-0.15, -0.1) is 11.3 Å². The lowest BCUT2D eigenvalue weighted by molar-refractivity contribution is 0.240. The van der Waals surface area contributed by atoms with Crippen LogP contribution in [0.1, 0.15) is 17.5 Å². The van der Waals surface area contributed by atoms with Crippen molar-refractivity contribution >= 4 is 33.3 Å². The number of para-hydroxylation sites is 2. The highest BCUT2D eigenvalue weighted by molar-refractivity contribution is 7.18. The predicted octanol–water partition coefficient (Wildman–Crippen LogP) is 3.55. The third-order valence-electron chi connectivity index (χ3n) is 4.73. The number of aromatic nitrogens is 1. The molecule has 2 amide bonds. The first-order valence-electron chi connectivity index (χ1n) is 8.91. The zero-order chi connectivity index (χ0) is 17.9. The van der Waals surface area contributed by atoms with Gasteiger partial charge in [0.15, 0.2) is 0 Å². The van der Waals surface area contributed by atoms with E-state index < -0.39 is 0 Å². The summed E-state index contributed by atoms with van der Waals surface area (Å²) in [7, 11) is 0. The van der Waals surface area contributed by atoms with E-state index in [-0.39, 0.29) is 6.03 Å². The maximum atomic E-state index is 12.1. The maximum Gasteiger partial charge on any atom is 0.315 e. The second kappa shape index (κ2) is 7.33. The van der Waals surface area contributed by atoms with Crippen molar-refractivity contribution < 1.29 is 4.79 Å². The van der Waals surface area contributed by atoms with Crippen LogP contribution in [0, 0.1) is 0 Å². The van der Waals surface area contributed by atoms with E-state index in [1.54, 1.807) is 11.3 Å². The van der Waals surface area contributed by atoms with E-state index in [0.717, 1.165) is 28.2 Å². The summed E-state index contributed by atoms with van der Waals surface area (Å²) in [5.74, 6) is 0. The van der Waals surface area contributed by atoms with Gasteiger partial charge in [-0.1, -0.05) is 30.3 Å². The van der Waals surface area contributed by atoms with Crippen molar-refractivity contribution in [3.63, 3.8) is 0 Å². The van der Waals surface area contributed by atoms with Crippen molar-refractivity contribution in [2.24, 2.45) is 0 Å². The van der Waals surface area contributed by atoms with E-state index >= 15 is 0 Å². The number of nitrogens with one attached hydrogen (secondary N) is 2. The van der Waals surface area contributed by atoms with Gasteiger partial charge in [-0.2, -0.15) is 0 Å². The Morgan fingerprint density at radius 2 is 2.00 bits per heavy atom. The fraction of sp³-hybridized carbons (Fsp3) is 0.300. The summed E-state index contributed by atoms with van der Waals surface area (Å²) in [5.41, 5.74) is 3.66. The molecule has 0 saturated heterocycles. The van der Waals surface area contributed by atoms with E-state index in [9.17, 15) is 4.79 Å². The van der Waals surface area contributed by atoms with Crippen LogP contribution in [0.5, 0.6) is 0 Å². The van der Waals surface area contributed by atoms with Crippen molar-refractivity contribution in [3.05, 3.63) is 59.1 Å². The molecule has 0 spiro atoms. The molecule has 3 aromatic rings. The number of urea groups is 1. The number of rotatable bonds is 5. The first-order chi connectivity index (χ1) is 12.7. The van der Waals surface area contributed by atoms with Crippen molar-refractivity contribution in [2.45, 2.75) is 25.9 Å². The Kier molecular flexibility index (Phi) is 4.75. The Labute approximate surface area is 157 Å². The molecule has 1 aliphatic rings. The highest BCUT2D eigenvalue weighted by Gasteiger charge is 2.24. The third-order valence-corrected chi connectivity index (χ3v) is 5.76. The molecular weight excluding hydrogens is 344 g/mol. The molecule has 5 nitrogen and oxygen atoms in total. The van der Waals surface area contributed by atoms with Gasteiger partial charge < -0.3 is 15.5 Å². The SMILES string of the molecule is C[C@H]1Cc2ccccc2N1CCNC(=O)NCc1nc2ccccc2s1. The molecule has 0 radical (unpaired) electrons. The van der Waals surface area contributed by atoms with Crippen LogP contribution in [0.2, 0.25) is 0 Å². The highest BCUT2D eigenvalue weighted by atomic mass is 32.1. The number of carbonyl (C=O) groups is 1. The molecule has 0 aliphatic carbocycles. The van der Waals surface area contributed by atoms with Gasteiger partial charge in [-0.3, -0.25) is 0 Å². The summed E-state index contributed by atoms with van der Waals surface area (Å²) in [6.07, 6.45) is 1.07. The lowest BCUT2D eigenvalue weighted by Crippen LogP contribution is -2.41. The number of nitrogens with zero attached hydrogens (tertiary/aromatic N) is 2. The molecule has 0 unspecified atom stereocenters. The number of benzene rings is 2. The minimum atomic E-state index is -0.149. The number of fused-ring (bicyclic) bond motifs is 2. The fourth-order valence-electron chi connectivity index (χ4n) is 3.47. The summed E-state index contributed by atoms with van der Waals surface area (Å²) >= 11 is 1.61. The molecule has 1 atom stereocenters. The van der Waals surface area contributed by atoms with Crippen LogP contribution < -0.4 is 15.5 Å². The van der Waals surface area contributed by atoms with Gasteiger partial charge >= 0.3 is 6.03 Å². The molecule has 26 heavy (non-hydrogen) atoms. The summed E-state index contributed by atoms with van der Waals surface area (Å²) in [6, 6.07) is 16.8.